The second-order valence-corrected chi connectivity index (χ2v) is 5.96. The van der Waals surface area contributed by atoms with Gasteiger partial charge in [0.15, 0.2) is 0 Å². The molecular weight excluding hydrogens is 328 g/mol. The highest BCUT2D eigenvalue weighted by molar-refractivity contribution is 6.30. The molecule has 0 amide bonds. The molecule has 0 N–H and O–H groups in total. The molecule has 24 heavy (non-hydrogen) atoms. The number of nitrogens with zero attached hydrogens (tertiary/aromatic N) is 4. The van der Waals surface area contributed by atoms with Crippen molar-refractivity contribution in [1.29, 1.82) is 5.26 Å². The van der Waals surface area contributed by atoms with Crippen molar-refractivity contribution in [3.05, 3.63) is 63.2 Å². The zero-order chi connectivity index (χ0) is 17.1. The molecule has 0 unspecified atom stereocenters. The molecule has 2 aromatic carbocycles. The molecule has 1 fully saturated rings. The van der Waals surface area contributed by atoms with Crippen LogP contribution in [0, 0.1) is 21.4 Å². The lowest BCUT2D eigenvalue weighted by Gasteiger charge is -2.37. The SMILES string of the molecule is N#Cc1cc(Cl)ccc1N1CCN(c2ccc([N+](=O)[O-])cc2)CC1. The third kappa shape index (κ3) is 3.26. The Morgan fingerprint density at radius 1 is 1.04 bits per heavy atom. The zero-order valence-electron chi connectivity index (χ0n) is 12.9. The first kappa shape index (κ1) is 16.1. The molecule has 2 aromatic rings. The fourth-order valence-electron chi connectivity index (χ4n) is 2.86. The van der Waals surface area contributed by atoms with Gasteiger partial charge in [-0.25, -0.2) is 0 Å². The zero-order valence-corrected chi connectivity index (χ0v) is 13.6. The average Bonchev–Trinajstić information content (AvgIpc) is 2.62. The molecule has 7 heteroatoms. The summed E-state index contributed by atoms with van der Waals surface area (Å²) in [7, 11) is 0. The van der Waals surface area contributed by atoms with E-state index in [1.54, 1.807) is 24.3 Å². The van der Waals surface area contributed by atoms with Gasteiger partial charge < -0.3 is 9.80 Å². The van der Waals surface area contributed by atoms with E-state index in [-0.39, 0.29) is 5.69 Å². The van der Waals surface area contributed by atoms with Crippen molar-refractivity contribution in [3.63, 3.8) is 0 Å². The van der Waals surface area contributed by atoms with Gasteiger partial charge in [-0.1, -0.05) is 11.6 Å². The number of nitriles is 1. The molecule has 0 bridgehead atoms. The Kier molecular flexibility index (Phi) is 4.54. The van der Waals surface area contributed by atoms with Crippen molar-refractivity contribution in [2.24, 2.45) is 0 Å². The van der Waals surface area contributed by atoms with Crippen molar-refractivity contribution in [2.45, 2.75) is 0 Å². The van der Waals surface area contributed by atoms with Crippen LogP contribution in [0.25, 0.3) is 0 Å². The quantitative estimate of drug-likeness (QED) is 0.631. The lowest BCUT2D eigenvalue weighted by Crippen LogP contribution is -2.46. The minimum absolute atomic E-state index is 0.0946. The summed E-state index contributed by atoms with van der Waals surface area (Å²) in [5.41, 5.74) is 2.53. The van der Waals surface area contributed by atoms with Gasteiger partial charge in [-0.15, -0.1) is 0 Å². The first-order valence-electron chi connectivity index (χ1n) is 7.52. The van der Waals surface area contributed by atoms with Crippen LogP contribution in [0.3, 0.4) is 0 Å². The fraction of sp³-hybridized carbons (Fsp3) is 0.235. The van der Waals surface area contributed by atoms with Crippen molar-refractivity contribution >= 4 is 28.7 Å². The van der Waals surface area contributed by atoms with E-state index in [0.717, 1.165) is 37.6 Å². The Morgan fingerprint density at radius 2 is 1.67 bits per heavy atom. The molecule has 122 valence electrons. The largest absolute Gasteiger partial charge is 0.368 e. The van der Waals surface area contributed by atoms with E-state index >= 15 is 0 Å². The topological polar surface area (TPSA) is 73.4 Å². The number of nitro groups is 1. The second kappa shape index (κ2) is 6.77. The molecule has 1 aliphatic rings. The number of benzene rings is 2. The van der Waals surface area contributed by atoms with Gasteiger partial charge in [0, 0.05) is 49.0 Å². The van der Waals surface area contributed by atoms with Crippen LogP contribution in [-0.4, -0.2) is 31.1 Å². The molecule has 0 radical (unpaired) electrons. The highest BCUT2D eigenvalue weighted by atomic mass is 35.5. The monoisotopic (exact) mass is 342 g/mol. The van der Waals surface area contributed by atoms with E-state index in [1.165, 1.54) is 12.1 Å². The highest BCUT2D eigenvalue weighted by Crippen LogP contribution is 2.26. The van der Waals surface area contributed by atoms with Gasteiger partial charge in [0.05, 0.1) is 16.2 Å². The van der Waals surface area contributed by atoms with Gasteiger partial charge in [0.1, 0.15) is 6.07 Å². The summed E-state index contributed by atoms with van der Waals surface area (Å²) in [4.78, 5) is 14.7. The van der Waals surface area contributed by atoms with Crippen LogP contribution in [0.4, 0.5) is 17.1 Å². The average molecular weight is 343 g/mol. The van der Waals surface area contributed by atoms with Crippen LogP contribution >= 0.6 is 11.6 Å². The molecule has 1 aliphatic heterocycles. The Labute approximate surface area is 144 Å². The third-order valence-electron chi connectivity index (χ3n) is 4.13. The number of halogens is 1. The number of non-ortho nitro benzene ring substituents is 1. The Morgan fingerprint density at radius 3 is 2.25 bits per heavy atom. The smallest absolute Gasteiger partial charge is 0.269 e. The first-order chi connectivity index (χ1) is 11.6. The highest BCUT2D eigenvalue weighted by Gasteiger charge is 2.20. The molecule has 6 nitrogen and oxygen atoms in total. The number of nitro benzene ring substituents is 1. The normalized spacial score (nSPS) is 14.3. The van der Waals surface area contributed by atoms with Gasteiger partial charge in [-0.05, 0) is 30.3 Å². The number of hydrogen-bond acceptors (Lipinski definition) is 5. The molecule has 0 saturated carbocycles. The Hall–Kier alpha value is -2.78. The summed E-state index contributed by atoms with van der Waals surface area (Å²) in [6, 6.07) is 14.1. The summed E-state index contributed by atoms with van der Waals surface area (Å²) in [6.45, 7) is 3.11. The predicted octanol–water partition coefficient (Wildman–Crippen LogP) is 3.45. The molecule has 0 spiro atoms. The Balaban J connectivity index is 1.70. The maximum absolute atomic E-state index is 10.7. The van der Waals surface area contributed by atoms with Crippen LogP contribution in [-0.2, 0) is 0 Å². The molecule has 1 saturated heterocycles. The van der Waals surface area contributed by atoms with Gasteiger partial charge >= 0.3 is 0 Å². The van der Waals surface area contributed by atoms with Gasteiger partial charge in [-0.2, -0.15) is 5.26 Å². The molecule has 1 heterocycles. The molecule has 0 aromatic heterocycles. The molecule has 0 aliphatic carbocycles. The summed E-state index contributed by atoms with van der Waals surface area (Å²) >= 11 is 5.95. The standard InChI is InChI=1S/C17H15ClN4O2/c18-14-1-6-17(13(11-14)12-19)21-9-7-20(8-10-21)15-2-4-16(5-3-15)22(23)24/h1-6,11H,7-10H2. The maximum Gasteiger partial charge on any atom is 0.269 e. The summed E-state index contributed by atoms with van der Waals surface area (Å²) in [5, 5.41) is 20.6. The third-order valence-corrected chi connectivity index (χ3v) is 4.36. The van der Waals surface area contributed by atoms with Crippen LogP contribution in [0.5, 0.6) is 0 Å². The summed E-state index contributed by atoms with van der Waals surface area (Å²) in [6.07, 6.45) is 0. The number of rotatable bonds is 3. The molecule has 0 atom stereocenters. The predicted molar refractivity (Wildman–Crippen MR) is 93.7 cm³/mol. The van der Waals surface area contributed by atoms with Gasteiger partial charge in [0.2, 0.25) is 0 Å². The van der Waals surface area contributed by atoms with E-state index in [2.05, 4.69) is 15.9 Å². The number of piperazine rings is 1. The van der Waals surface area contributed by atoms with Crippen molar-refractivity contribution in [3.8, 4) is 6.07 Å². The van der Waals surface area contributed by atoms with Gasteiger partial charge in [-0.3, -0.25) is 10.1 Å². The maximum atomic E-state index is 10.7. The lowest BCUT2D eigenvalue weighted by molar-refractivity contribution is -0.384. The minimum atomic E-state index is -0.397. The van der Waals surface area contributed by atoms with E-state index < -0.39 is 4.92 Å². The first-order valence-corrected chi connectivity index (χ1v) is 7.90. The van der Waals surface area contributed by atoms with E-state index in [0.29, 0.717) is 10.6 Å². The molecule has 3 rings (SSSR count). The van der Waals surface area contributed by atoms with Crippen molar-refractivity contribution in [2.75, 3.05) is 36.0 Å². The number of hydrogen-bond donors (Lipinski definition) is 0. The van der Waals surface area contributed by atoms with Gasteiger partial charge in [0.25, 0.3) is 5.69 Å². The minimum Gasteiger partial charge on any atom is -0.368 e. The van der Waals surface area contributed by atoms with E-state index in [4.69, 9.17) is 11.6 Å². The summed E-state index contributed by atoms with van der Waals surface area (Å²) < 4.78 is 0. The molecular formula is C17H15ClN4O2. The fourth-order valence-corrected chi connectivity index (χ4v) is 3.04. The van der Waals surface area contributed by atoms with Crippen LogP contribution < -0.4 is 9.80 Å². The van der Waals surface area contributed by atoms with Crippen molar-refractivity contribution < 1.29 is 4.92 Å². The van der Waals surface area contributed by atoms with Crippen LogP contribution in [0.1, 0.15) is 5.56 Å². The van der Waals surface area contributed by atoms with Crippen LogP contribution in [0.15, 0.2) is 42.5 Å². The lowest BCUT2D eigenvalue weighted by atomic mass is 10.1. The Bertz CT molecular complexity index is 793. The van der Waals surface area contributed by atoms with Crippen molar-refractivity contribution in [1.82, 2.24) is 0 Å². The summed E-state index contributed by atoms with van der Waals surface area (Å²) in [5.74, 6) is 0. The second-order valence-electron chi connectivity index (χ2n) is 5.52. The van der Waals surface area contributed by atoms with E-state index in [9.17, 15) is 15.4 Å². The number of anilines is 2. The van der Waals surface area contributed by atoms with Crippen LogP contribution in [0.2, 0.25) is 5.02 Å². The van der Waals surface area contributed by atoms with E-state index in [1.807, 2.05) is 6.07 Å².